The van der Waals surface area contributed by atoms with Crippen molar-refractivity contribution >= 4 is 18.0 Å². The molecule has 0 bridgehead atoms. The second-order valence-electron chi connectivity index (χ2n) is 8.44. The van der Waals surface area contributed by atoms with E-state index in [0.717, 1.165) is 5.56 Å². The van der Waals surface area contributed by atoms with E-state index in [0.29, 0.717) is 32.5 Å². The molecule has 0 aliphatic carbocycles. The van der Waals surface area contributed by atoms with Gasteiger partial charge in [-0.2, -0.15) is 0 Å². The Morgan fingerprint density at radius 1 is 1.07 bits per heavy atom. The Bertz CT molecular complexity index is 736. The molecule has 0 N–H and O–H groups in total. The van der Waals surface area contributed by atoms with Gasteiger partial charge < -0.3 is 14.5 Å². The van der Waals surface area contributed by atoms with Crippen LogP contribution < -0.4 is 0 Å². The molecule has 4 amide bonds. The monoisotopic (exact) mass is 387 g/mol. The number of ether oxygens (including phenoxy) is 1. The number of hydrogen-bond donors (Lipinski definition) is 0. The minimum atomic E-state index is -0.529. The van der Waals surface area contributed by atoms with Gasteiger partial charge in [-0.15, -0.1) is 0 Å². The zero-order chi connectivity index (χ0) is 20.5. The Balaban J connectivity index is 1.73. The number of carbonyl (C=O) groups excluding carboxylic acids is 3. The van der Waals surface area contributed by atoms with E-state index >= 15 is 0 Å². The highest BCUT2D eigenvalue weighted by Crippen LogP contribution is 2.34. The van der Waals surface area contributed by atoms with Crippen molar-refractivity contribution in [1.82, 2.24) is 14.7 Å². The van der Waals surface area contributed by atoms with E-state index in [2.05, 4.69) is 0 Å². The number of likely N-dealkylation sites (tertiary alicyclic amines) is 1. The number of hydrogen-bond acceptors (Lipinski definition) is 4. The summed E-state index contributed by atoms with van der Waals surface area (Å²) in [5.41, 5.74) is 0.494. The molecule has 2 fully saturated rings. The summed E-state index contributed by atoms with van der Waals surface area (Å²) in [6, 6.07) is 9.40. The lowest BCUT2D eigenvalue weighted by Gasteiger charge is -2.39. The molecular formula is C21H29N3O4. The number of nitrogens with zero attached hydrogens (tertiary/aromatic N) is 3. The third kappa shape index (κ3) is 4.29. The maximum atomic E-state index is 13.0. The lowest BCUT2D eigenvalue weighted by molar-refractivity contribution is -0.125. The highest BCUT2D eigenvalue weighted by atomic mass is 16.6. The summed E-state index contributed by atoms with van der Waals surface area (Å²) >= 11 is 0. The van der Waals surface area contributed by atoms with Crippen LogP contribution in [0, 0.1) is 0 Å². The molecule has 0 unspecified atom stereocenters. The first kappa shape index (κ1) is 20.2. The van der Waals surface area contributed by atoms with E-state index in [4.69, 9.17) is 4.74 Å². The van der Waals surface area contributed by atoms with Crippen LogP contribution in [-0.2, 0) is 9.53 Å². The van der Waals surface area contributed by atoms with E-state index < -0.39 is 5.60 Å². The van der Waals surface area contributed by atoms with Crippen molar-refractivity contribution in [3.63, 3.8) is 0 Å². The fourth-order valence-electron chi connectivity index (χ4n) is 3.88. The van der Waals surface area contributed by atoms with Crippen molar-refractivity contribution in [2.45, 2.75) is 58.2 Å². The maximum Gasteiger partial charge on any atom is 0.410 e. The number of benzene rings is 1. The predicted octanol–water partition coefficient (Wildman–Crippen LogP) is 3.41. The van der Waals surface area contributed by atoms with E-state index in [1.54, 1.807) is 4.90 Å². The van der Waals surface area contributed by atoms with E-state index in [1.165, 1.54) is 11.8 Å². The molecule has 0 saturated carbocycles. The lowest BCUT2D eigenvalue weighted by atomic mass is 9.99. The molecule has 2 aliphatic rings. The highest BCUT2D eigenvalue weighted by molar-refractivity contribution is 5.95. The Hall–Kier alpha value is -2.57. The average molecular weight is 387 g/mol. The smallest absolute Gasteiger partial charge is 0.410 e. The van der Waals surface area contributed by atoms with E-state index in [1.807, 2.05) is 56.0 Å². The molecule has 152 valence electrons. The van der Waals surface area contributed by atoms with Crippen LogP contribution in [0.4, 0.5) is 9.59 Å². The van der Waals surface area contributed by atoms with Crippen molar-refractivity contribution in [2.75, 3.05) is 19.6 Å². The fourth-order valence-corrected chi connectivity index (χ4v) is 3.88. The first-order chi connectivity index (χ1) is 13.2. The molecule has 0 spiro atoms. The molecule has 3 rings (SSSR count). The van der Waals surface area contributed by atoms with Gasteiger partial charge in [0.15, 0.2) is 0 Å². The third-order valence-corrected chi connectivity index (χ3v) is 5.22. The van der Waals surface area contributed by atoms with Crippen LogP contribution in [0.5, 0.6) is 0 Å². The Morgan fingerprint density at radius 2 is 1.68 bits per heavy atom. The topological polar surface area (TPSA) is 70.2 Å². The molecule has 2 saturated heterocycles. The first-order valence-corrected chi connectivity index (χ1v) is 9.80. The normalized spacial score (nSPS) is 21.2. The molecule has 1 atom stereocenters. The summed E-state index contributed by atoms with van der Waals surface area (Å²) in [5.74, 6) is -0.236. The number of urea groups is 1. The minimum absolute atomic E-state index is 0.0132. The van der Waals surface area contributed by atoms with Gasteiger partial charge in [0.25, 0.3) is 0 Å². The number of amides is 4. The zero-order valence-electron chi connectivity index (χ0n) is 17.1. The summed E-state index contributed by atoms with van der Waals surface area (Å²) in [4.78, 5) is 42.1. The molecule has 2 heterocycles. The second-order valence-corrected chi connectivity index (χ2v) is 8.44. The summed E-state index contributed by atoms with van der Waals surface area (Å²) in [6.45, 7) is 8.40. The predicted molar refractivity (Wildman–Crippen MR) is 105 cm³/mol. The van der Waals surface area contributed by atoms with Crippen LogP contribution in [0.2, 0.25) is 0 Å². The largest absolute Gasteiger partial charge is 0.444 e. The zero-order valence-corrected chi connectivity index (χ0v) is 17.1. The quantitative estimate of drug-likeness (QED) is 0.780. The van der Waals surface area contributed by atoms with Crippen molar-refractivity contribution in [3.05, 3.63) is 35.9 Å². The molecular weight excluding hydrogens is 358 g/mol. The Kier molecular flexibility index (Phi) is 5.63. The van der Waals surface area contributed by atoms with Gasteiger partial charge in [-0.05, 0) is 39.2 Å². The number of rotatable bonds is 2. The molecule has 7 heteroatoms. The third-order valence-electron chi connectivity index (χ3n) is 5.22. The highest BCUT2D eigenvalue weighted by Gasteiger charge is 2.44. The van der Waals surface area contributed by atoms with Gasteiger partial charge in [0, 0.05) is 26.1 Å². The fraction of sp³-hybridized carbons (Fsp3) is 0.571. The summed E-state index contributed by atoms with van der Waals surface area (Å²) in [7, 11) is 0. The summed E-state index contributed by atoms with van der Waals surface area (Å²) in [5, 5.41) is 0. The molecule has 28 heavy (non-hydrogen) atoms. The van der Waals surface area contributed by atoms with Crippen LogP contribution in [0.15, 0.2) is 30.3 Å². The molecule has 0 radical (unpaired) electrons. The first-order valence-electron chi connectivity index (χ1n) is 9.80. The van der Waals surface area contributed by atoms with Crippen molar-refractivity contribution in [2.24, 2.45) is 0 Å². The van der Waals surface area contributed by atoms with Gasteiger partial charge in [-0.25, -0.2) is 9.59 Å². The second kappa shape index (κ2) is 7.81. The van der Waals surface area contributed by atoms with E-state index in [9.17, 15) is 14.4 Å². The van der Waals surface area contributed by atoms with Gasteiger partial charge in [0.05, 0.1) is 12.6 Å². The number of piperidine rings is 1. The van der Waals surface area contributed by atoms with Gasteiger partial charge in [-0.1, -0.05) is 30.3 Å². The van der Waals surface area contributed by atoms with Gasteiger partial charge in [0.2, 0.25) is 5.91 Å². The van der Waals surface area contributed by atoms with Crippen LogP contribution in [-0.4, -0.2) is 64.0 Å². The van der Waals surface area contributed by atoms with Crippen molar-refractivity contribution < 1.29 is 19.1 Å². The Labute approximate surface area is 166 Å². The number of imide groups is 1. The SMILES string of the molecule is CC(=O)N1C[C@@H](c2ccccc2)N(C2CCN(C(=O)OC(C)(C)C)CC2)C1=O. The summed E-state index contributed by atoms with van der Waals surface area (Å²) in [6.07, 6.45) is 1.02. The Morgan fingerprint density at radius 3 is 2.21 bits per heavy atom. The number of carbonyl (C=O) groups is 3. The van der Waals surface area contributed by atoms with Gasteiger partial charge in [-0.3, -0.25) is 9.69 Å². The molecule has 2 aliphatic heterocycles. The lowest BCUT2D eigenvalue weighted by Crippen LogP contribution is -2.49. The average Bonchev–Trinajstić information content (AvgIpc) is 2.98. The molecule has 7 nitrogen and oxygen atoms in total. The van der Waals surface area contributed by atoms with Crippen molar-refractivity contribution in [1.29, 1.82) is 0 Å². The van der Waals surface area contributed by atoms with Crippen LogP contribution in [0.25, 0.3) is 0 Å². The van der Waals surface area contributed by atoms with Crippen LogP contribution >= 0.6 is 0 Å². The maximum absolute atomic E-state index is 13.0. The van der Waals surface area contributed by atoms with E-state index in [-0.39, 0.29) is 30.1 Å². The van der Waals surface area contributed by atoms with Crippen LogP contribution in [0.3, 0.4) is 0 Å². The van der Waals surface area contributed by atoms with Gasteiger partial charge in [0.1, 0.15) is 5.60 Å². The minimum Gasteiger partial charge on any atom is -0.444 e. The molecule has 1 aromatic carbocycles. The van der Waals surface area contributed by atoms with Crippen LogP contribution in [0.1, 0.15) is 52.1 Å². The standard InChI is InChI=1S/C21H29N3O4/c1-15(25)23-14-18(16-8-6-5-7-9-16)24(19(23)26)17-10-12-22(13-11-17)20(27)28-21(2,3)4/h5-9,17-18H,10-14H2,1-4H3/t18-/m0/s1. The molecule has 1 aromatic rings. The molecule has 0 aromatic heterocycles. The summed E-state index contributed by atoms with van der Waals surface area (Å²) < 4.78 is 5.45. The van der Waals surface area contributed by atoms with Crippen molar-refractivity contribution in [3.8, 4) is 0 Å². The van der Waals surface area contributed by atoms with Gasteiger partial charge >= 0.3 is 12.1 Å².